The van der Waals surface area contributed by atoms with Gasteiger partial charge in [-0.05, 0) is 67.3 Å². The Morgan fingerprint density at radius 1 is 0.971 bits per heavy atom. The second kappa shape index (κ2) is 12.6. The monoisotopic (exact) mass is 461 g/mol. The number of hydrogen-bond donors (Lipinski definition) is 2. The number of rotatable bonds is 13. The standard InChI is InChI=1S/C28H35N3O3/c1-4-7-16-31(17-8-5-2)26-20-23(28(32)33)19-25(30-6-3)27(26)34-24-11-9-10-22(18-24)21-12-14-29-15-13-21/h9-15,18-20,30H,4-8,16-17H2,1-3H3,(H,32,33). The Balaban J connectivity index is 2.09. The van der Waals surface area contributed by atoms with Crippen LogP contribution in [-0.2, 0) is 0 Å². The van der Waals surface area contributed by atoms with Crippen LogP contribution in [0.1, 0.15) is 56.8 Å². The number of carboxylic acids is 1. The maximum atomic E-state index is 11.9. The molecule has 1 aromatic heterocycles. The van der Waals surface area contributed by atoms with Crippen LogP contribution < -0.4 is 15.0 Å². The van der Waals surface area contributed by atoms with Gasteiger partial charge in [0.1, 0.15) is 5.75 Å². The minimum atomic E-state index is -0.947. The van der Waals surface area contributed by atoms with E-state index >= 15 is 0 Å². The molecule has 0 atom stereocenters. The molecule has 0 unspecified atom stereocenters. The van der Waals surface area contributed by atoms with Crippen LogP contribution in [0.5, 0.6) is 11.5 Å². The molecule has 0 spiro atoms. The Labute approximate surface area is 202 Å². The van der Waals surface area contributed by atoms with Gasteiger partial charge in [0, 0.05) is 32.0 Å². The van der Waals surface area contributed by atoms with Crippen molar-refractivity contribution in [3.05, 3.63) is 66.5 Å². The zero-order valence-corrected chi connectivity index (χ0v) is 20.4. The van der Waals surface area contributed by atoms with Gasteiger partial charge in [0.2, 0.25) is 0 Å². The number of ether oxygens (including phenoxy) is 1. The maximum Gasteiger partial charge on any atom is 0.335 e. The van der Waals surface area contributed by atoms with Crippen LogP contribution in [0, 0.1) is 0 Å². The summed E-state index contributed by atoms with van der Waals surface area (Å²) < 4.78 is 6.52. The largest absolute Gasteiger partial charge is 0.478 e. The maximum absolute atomic E-state index is 11.9. The highest BCUT2D eigenvalue weighted by Crippen LogP contribution is 2.41. The summed E-state index contributed by atoms with van der Waals surface area (Å²) in [6, 6.07) is 15.3. The zero-order chi connectivity index (χ0) is 24.3. The Morgan fingerprint density at radius 3 is 2.29 bits per heavy atom. The van der Waals surface area contributed by atoms with Crippen molar-refractivity contribution in [3.63, 3.8) is 0 Å². The summed E-state index contributed by atoms with van der Waals surface area (Å²) in [5.41, 5.74) is 3.84. The van der Waals surface area contributed by atoms with Crippen LogP contribution in [0.3, 0.4) is 0 Å². The summed E-state index contributed by atoms with van der Waals surface area (Å²) in [5.74, 6) is 0.409. The molecule has 0 aliphatic rings. The van der Waals surface area contributed by atoms with Crippen LogP contribution in [-0.4, -0.2) is 35.7 Å². The van der Waals surface area contributed by atoms with Gasteiger partial charge in [-0.3, -0.25) is 4.98 Å². The van der Waals surface area contributed by atoms with Gasteiger partial charge in [0.25, 0.3) is 0 Å². The summed E-state index contributed by atoms with van der Waals surface area (Å²) in [4.78, 5) is 18.3. The minimum Gasteiger partial charge on any atom is -0.478 e. The summed E-state index contributed by atoms with van der Waals surface area (Å²) in [6.07, 6.45) is 7.71. The third kappa shape index (κ3) is 6.50. The van der Waals surface area contributed by atoms with E-state index in [-0.39, 0.29) is 5.56 Å². The first-order valence-electron chi connectivity index (χ1n) is 12.2. The second-order valence-corrected chi connectivity index (χ2v) is 8.27. The number of pyridine rings is 1. The fraction of sp³-hybridized carbons (Fsp3) is 0.357. The Hall–Kier alpha value is -3.54. The van der Waals surface area contributed by atoms with Gasteiger partial charge in [-0.25, -0.2) is 4.79 Å². The molecule has 6 heteroatoms. The van der Waals surface area contributed by atoms with Crippen LogP contribution in [0.4, 0.5) is 11.4 Å². The van der Waals surface area contributed by atoms with E-state index in [2.05, 4.69) is 29.0 Å². The molecule has 0 saturated carbocycles. The number of nitrogens with zero attached hydrogens (tertiary/aromatic N) is 2. The molecule has 0 aliphatic heterocycles. The molecule has 0 bridgehead atoms. The quantitative estimate of drug-likeness (QED) is 0.283. The summed E-state index contributed by atoms with van der Waals surface area (Å²) in [6.45, 7) is 8.67. The lowest BCUT2D eigenvalue weighted by molar-refractivity contribution is 0.0697. The number of unbranched alkanes of at least 4 members (excludes halogenated alkanes) is 2. The van der Waals surface area contributed by atoms with Crippen molar-refractivity contribution in [1.82, 2.24) is 4.98 Å². The predicted octanol–water partition coefficient (Wildman–Crippen LogP) is 7.08. The molecule has 0 saturated heterocycles. The zero-order valence-electron chi connectivity index (χ0n) is 20.4. The Kier molecular flexibility index (Phi) is 9.32. The van der Waals surface area contributed by atoms with E-state index < -0.39 is 5.97 Å². The number of benzene rings is 2. The van der Waals surface area contributed by atoms with Crippen LogP contribution in [0.2, 0.25) is 0 Å². The van der Waals surface area contributed by atoms with Gasteiger partial charge >= 0.3 is 5.97 Å². The van der Waals surface area contributed by atoms with Crippen molar-refractivity contribution in [2.75, 3.05) is 29.9 Å². The number of carbonyl (C=O) groups is 1. The van der Waals surface area contributed by atoms with E-state index in [0.29, 0.717) is 23.7 Å². The molecule has 180 valence electrons. The van der Waals surface area contributed by atoms with Crippen LogP contribution in [0.25, 0.3) is 11.1 Å². The smallest absolute Gasteiger partial charge is 0.335 e. The highest BCUT2D eigenvalue weighted by molar-refractivity contribution is 5.93. The number of aromatic carboxylic acids is 1. The number of carboxylic acid groups (broad SMARTS) is 1. The number of nitrogens with one attached hydrogen (secondary N) is 1. The van der Waals surface area contributed by atoms with E-state index in [1.807, 2.05) is 43.3 Å². The number of aromatic nitrogens is 1. The van der Waals surface area contributed by atoms with E-state index in [9.17, 15) is 9.90 Å². The van der Waals surface area contributed by atoms with Crippen molar-refractivity contribution in [3.8, 4) is 22.6 Å². The molecule has 0 radical (unpaired) electrons. The Morgan fingerprint density at radius 2 is 1.68 bits per heavy atom. The van der Waals surface area contributed by atoms with Gasteiger partial charge in [0.05, 0.1) is 16.9 Å². The minimum absolute atomic E-state index is 0.252. The first-order chi connectivity index (χ1) is 16.6. The second-order valence-electron chi connectivity index (χ2n) is 8.27. The Bertz CT molecular complexity index is 1060. The number of anilines is 2. The summed E-state index contributed by atoms with van der Waals surface area (Å²) in [7, 11) is 0. The molecular formula is C28H35N3O3. The van der Waals surface area contributed by atoms with E-state index in [0.717, 1.165) is 55.6 Å². The first-order valence-corrected chi connectivity index (χ1v) is 12.2. The molecule has 1 heterocycles. The summed E-state index contributed by atoms with van der Waals surface area (Å²) >= 11 is 0. The van der Waals surface area contributed by atoms with Crippen LogP contribution in [0.15, 0.2) is 60.9 Å². The van der Waals surface area contributed by atoms with Gasteiger partial charge in [-0.2, -0.15) is 0 Å². The molecular weight excluding hydrogens is 426 g/mol. The van der Waals surface area contributed by atoms with Crippen molar-refractivity contribution >= 4 is 17.3 Å². The van der Waals surface area contributed by atoms with E-state index in [1.54, 1.807) is 24.5 Å². The molecule has 3 rings (SSSR count). The normalized spacial score (nSPS) is 10.7. The average molecular weight is 462 g/mol. The fourth-order valence-corrected chi connectivity index (χ4v) is 3.85. The average Bonchev–Trinajstić information content (AvgIpc) is 2.86. The van der Waals surface area contributed by atoms with E-state index in [1.165, 1.54) is 0 Å². The highest BCUT2D eigenvalue weighted by atomic mass is 16.5. The molecule has 2 N–H and O–H groups in total. The van der Waals surface area contributed by atoms with Gasteiger partial charge in [0.15, 0.2) is 5.75 Å². The lowest BCUT2D eigenvalue weighted by Gasteiger charge is -2.28. The van der Waals surface area contributed by atoms with E-state index in [4.69, 9.17) is 4.74 Å². The van der Waals surface area contributed by atoms with Crippen molar-refractivity contribution in [2.45, 2.75) is 46.5 Å². The first kappa shape index (κ1) is 25.1. The lowest BCUT2D eigenvalue weighted by Crippen LogP contribution is -2.26. The molecule has 34 heavy (non-hydrogen) atoms. The molecule has 0 fully saturated rings. The van der Waals surface area contributed by atoms with Crippen molar-refractivity contribution < 1.29 is 14.6 Å². The van der Waals surface area contributed by atoms with Gasteiger partial charge in [-0.15, -0.1) is 0 Å². The summed E-state index contributed by atoms with van der Waals surface area (Å²) in [5, 5.41) is 13.1. The fourth-order valence-electron chi connectivity index (χ4n) is 3.85. The predicted molar refractivity (Wildman–Crippen MR) is 139 cm³/mol. The van der Waals surface area contributed by atoms with Crippen LogP contribution >= 0.6 is 0 Å². The topological polar surface area (TPSA) is 74.7 Å². The lowest BCUT2D eigenvalue weighted by atomic mass is 10.1. The third-order valence-corrected chi connectivity index (χ3v) is 5.65. The van der Waals surface area contributed by atoms with Crippen molar-refractivity contribution in [2.24, 2.45) is 0 Å². The molecule has 2 aromatic carbocycles. The molecule has 3 aromatic rings. The van der Waals surface area contributed by atoms with Gasteiger partial charge < -0.3 is 20.1 Å². The number of hydrogen-bond acceptors (Lipinski definition) is 5. The van der Waals surface area contributed by atoms with Gasteiger partial charge in [-0.1, -0.05) is 38.8 Å². The SMILES string of the molecule is CCCCN(CCCC)c1cc(C(=O)O)cc(NCC)c1Oc1cccc(-c2ccncc2)c1. The molecule has 6 nitrogen and oxygen atoms in total. The molecule has 0 amide bonds. The molecule has 0 aliphatic carbocycles. The van der Waals surface area contributed by atoms with Crippen molar-refractivity contribution in [1.29, 1.82) is 0 Å². The highest BCUT2D eigenvalue weighted by Gasteiger charge is 2.21. The third-order valence-electron chi connectivity index (χ3n) is 5.65.